The molecule has 0 radical (unpaired) electrons. The number of methoxy groups -OCH3 is 2. The molecule has 1 aromatic carbocycles. The quantitative estimate of drug-likeness (QED) is 0.595. The molecule has 0 fully saturated rings. The fourth-order valence-corrected chi connectivity index (χ4v) is 2.27. The van der Waals surface area contributed by atoms with E-state index in [0.717, 1.165) is 5.39 Å². The first-order valence-corrected chi connectivity index (χ1v) is 7.78. The fraction of sp³-hybridized carbons (Fsp3) is 0.200. The molecule has 0 aliphatic heterocycles. The molecule has 3 aromatic rings. The molecule has 0 amide bonds. The molecular weight excluding hydrogens is 379 g/mol. The Hall–Kier alpha value is -1.89. The highest BCUT2D eigenvalue weighted by molar-refractivity contribution is 6.66. The Balaban J connectivity index is 1.88. The summed E-state index contributed by atoms with van der Waals surface area (Å²) in [4.78, 5) is 0. The maximum atomic E-state index is 5.72. The highest BCUT2D eigenvalue weighted by Gasteiger charge is 2.29. The van der Waals surface area contributed by atoms with Gasteiger partial charge in [0.05, 0.1) is 14.2 Å². The molecule has 3 rings (SSSR count). The molecule has 2 aromatic heterocycles. The number of furan rings is 1. The van der Waals surface area contributed by atoms with Gasteiger partial charge in [-0.25, -0.2) is 0 Å². The van der Waals surface area contributed by atoms with Crippen molar-refractivity contribution in [2.75, 3.05) is 14.2 Å². The third kappa shape index (κ3) is 3.45. The topological polar surface area (TPSA) is 70.5 Å². The van der Waals surface area contributed by atoms with Gasteiger partial charge in [0.1, 0.15) is 11.3 Å². The van der Waals surface area contributed by atoms with E-state index in [1.54, 1.807) is 32.4 Å². The predicted molar refractivity (Wildman–Crippen MR) is 91.8 cm³/mol. The Kier molecular flexibility index (Phi) is 4.62. The first-order valence-electron chi connectivity index (χ1n) is 6.65. The number of halogens is 3. The van der Waals surface area contributed by atoms with E-state index in [0.29, 0.717) is 22.8 Å². The van der Waals surface area contributed by atoms with E-state index in [9.17, 15) is 0 Å². The van der Waals surface area contributed by atoms with E-state index in [1.807, 2.05) is 12.1 Å². The number of benzene rings is 1. The van der Waals surface area contributed by atoms with Crippen LogP contribution in [0.25, 0.3) is 23.1 Å². The minimum atomic E-state index is -1.76. The summed E-state index contributed by atoms with van der Waals surface area (Å²) < 4.78 is 19.7. The van der Waals surface area contributed by atoms with E-state index < -0.39 is 3.79 Å². The van der Waals surface area contributed by atoms with Crippen LogP contribution in [0.4, 0.5) is 0 Å². The second kappa shape index (κ2) is 6.55. The summed E-state index contributed by atoms with van der Waals surface area (Å²) in [5, 5.41) is 8.29. The number of alkyl halides is 3. The lowest BCUT2D eigenvalue weighted by atomic mass is 10.2. The van der Waals surface area contributed by atoms with Crippen LogP contribution < -0.4 is 9.47 Å². The van der Waals surface area contributed by atoms with Crippen molar-refractivity contribution < 1.29 is 18.3 Å². The van der Waals surface area contributed by atoms with Gasteiger partial charge in [-0.05, 0) is 18.2 Å². The minimum absolute atomic E-state index is 0.105. The highest BCUT2D eigenvalue weighted by Crippen LogP contribution is 2.37. The Morgan fingerprint density at radius 3 is 2.29 bits per heavy atom. The Morgan fingerprint density at radius 1 is 0.958 bits per heavy atom. The van der Waals surface area contributed by atoms with Gasteiger partial charge < -0.3 is 18.3 Å². The van der Waals surface area contributed by atoms with Crippen LogP contribution in [0.2, 0.25) is 0 Å². The number of aromatic nitrogens is 2. The van der Waals surface area contributed by atoms with Crippen molar-refractivity contribution in [2.45, 2.75) is 3.79 Å². The lowest BCUT2D eigenvalue weighted by molar-refractivity contribution is 0.355. The molecule has 0 aliphatic rings. The normalized spacial score (nSPS) is 12.2. The zero-order valence-corrected chi connectivity index (χ0v) is 14.8. The number of nitrogens with zero attached hydrogens (tertiary/aromatic N) is 2. The number of fused-ring (bicyclic) bond motifs is 1. The van der Waals surface area contributed by atoms with Gasteiger partial charge in [-0.2, -0.15) is 0 Å². The van der Waals surface area contributed by atoms with E-state index in [-0.39, 0.29) is 11.8 Å². The Morgan fingerprint density at radius 2 is 1.67 bits per heavy atom. The van der Waals surface area contributed by atoms with Gasteiger partial charge >= 0.3 is 0 Å². The monoisotopic (exact) mass is 388 g/mol. The first-order chi connectivity index (χ1) is 11.4. The van der Waals surface area contributed by atoms with Gasteiger partial charge in [0, 0.05) is 17.5 Å². The molecule has 6 nitrogen and oxygen atoms in total. The summed E-state index contributed by atoms with van der Waals surface area (Å²) in [6, 6.07) is 5.40. The molecule has 0 unspecified atom stereocenters. The van der Waals surface area contributed by atoms with Gasteiger partial charge in [-0.3, -0.25) is 0 Å². The molecule has 0 saturated carbocycles. The van der Waals surface area contributed by atoms with E-state index in [1.165, 1.54) is 0 Å². The molecule has 126 valence electrons. The largest absolute Gasteiger partial charge is 0.493 e. The van der Waals surface area contributed by atoms with Gasteiger partial charge in [0.25, 0.3) is 9.68 Å². The zero-order chi connectivity index (χ0) is 17.3. The van der Waals surface area contributed by atoms with Crippen LogP contribution in [0, 0.1) is 0 Å². The van der Waals surface area contributed by atoms with Gasteiger partial charge in [0.2, 0.25) is 5.89 Å². The van der Waals surface area contributed by atoms with Crippen molar-refractivity contribution in [3.63, 3.8) is 0 Å². The fourth-order valence-electron chi connectivity index (χ4n) is 2.04. The second-order valence-electron chi connectivity index (χ2n) is 4.67. The standard InChI is InChI=1S/C15H11Cl3N2O4/c1-21-11-6-8-5-9(23-10(8)7-12(11)22-2)3-4-13-19-20-14(24-13)15(16,17)18/h3-7H,1-2H3. The number of hydrogen-bond acceptors (Lipinski definition) is 6. The molecule has 0 spiro atoms. The van der Waals surface area contributed by atoms with E-state index >= 15 is 0 Å². The summed E-state index contributed by atoms with van der Waals surface area (Å²) in [5.41, 5.74) is 0.653. The second-order valence-corrected chi connectivity index (χ2v) is 6.95. The Bertz CT molecular complexity index is 855. The SMILES string of the molecule is COc1cc2cc(C=Cc3nnc(C(Cl)(Cl)Cl)o3)oc2cc1OC. The van der Waals surface area contributed by atoms with Crippen LogP contribution in [-0.2, 0) is 3.79 Å². The molecule has 0 atom stereocenters. The summed E-state index contributed by atoms with van der Waals surface area (Å²) >= 11 is 17.0. The molecule has 0 saturated heterocycles. The van der Waals surface area contributed by atoms with Crippen molar-refractivity contribution >= 4 is 57.9 Å². The molecule has 24 heavy (non-hydrogen) atoms. The van der Waals surface area contributed by atoms with Crippen molar-refractivity contribution in [1.29, 1.82) is 0 Å². The molecule has 2 heterocycles. The van der Waals surface area contributed by atoms with Crippen LogP contribution in [0.3, 0.4) is 0 Å². The van der Waals surface area contributed by atoms with Gasteiger partial charge in [-0.1, -0.05) is 34.8 Å². The van der Waals surface area contributed by atoms with E-state index in [4.69, 9.17) is 53.1 Å². The minimum Gasteiger partial charge on any atom is -0.493 e. The van der Waals surface area contributed by atoms with E-state index in [2.05, 4.69) is 10.2 Å². The van der Waals surface area contributed by atoms with Crippen LogP contribution in [-0.4, -0.2) is 24.4 Å². The third-order valence-electron chi connectivity index (χ3n) is 3.11. The van der Waals surface area contributed by atoms with Crippen molar-refractivity contribution in [3.8, 4) is 11.5 Å². The zero-order valence-electron chi connectivity index (χ0n) is 12.5. The van der Waals surface area contributed by atoms with Crippen molar-refractivity contribution in [2.24, 2.45) is 0 Å². The average Bonchev–Trinajstić information content (AvgIpc) is 3.17. The smallest absolute Gasteiger partial charge is 0.268 e. The van der Waals surface area contributed by atoms with Gasteiger partial charge in [0.15, 0.2) is 11.5 Å². The number of ether oxygens (including phenoxy) is 2. The molecule has 0 aliphatic carbocycles. The lowest BCUT2D eigenvalue weighted by Gasteiger charge is -2.06. The Labute approximate surface area is 151 Å². The maximum absolute atomic E-state index is 5.72. The summed E-state index contributed by atoms with van der Waals surface area (Å²) in [5.74, 6) is 1.86. The van der Waals surface area contributed by atoms with Gasteiger partial charge in [-0.15, -0.1) is 10.2 Å². The predicted octanol–water partition coefficient (Wildman–Crippen LogP) is 4.83. The molecule has 0 bridgehead atoms. The molecule has 9 heteroatoms. The average molecular weight is 390 g/mol. The number of hydrogen-bond donors (Lipinski definition) is 0. The lowest BCUT2D eigenvalue weighted by Crippen LogP contribution is -1.99. The van der Waals surface area contributed by atoms with Crippen molar-refractivity contribution in [3.05, 3.63) is 35.7 Å². The molecular formula is C15H11Cl3N2O4. The van der Waals surface area contributed by atoms with Crippen LogP contribution >= 0.6 is 34.8 Å². The maximum Gasteiger partial charge on any atom is 0.268 e. The summed E-state index contributed by atoms with van der Waals surface area (Å²) in [6.45, 7) is 0. The number of rotatable bonds is 4. The first kappa shape index (κ1) is 17.0. The molecule has 0 N–H and O–H groups in total. The summed E-state index contributed by atoms with van der Waals surface area (Å²) in [6.07, 6.45) is 3.22. The van der Waals surface area contributed by atoms with Crippen LogP contribution in [0.5, 0.6) is 11.5 Å². The highest BCUT2D eigenvalue weighted by atomic mass is 35.6. The van der Waals surface area contributed by atoms with Crippen molar-refractivity contribution in [1.82, 2.24) is 10.2 Å². The summed E-state index contributed by atoms with van der Waals surface area (Å²) in [7, 11) is 3.13. The third-order valence-corrected chi connectivity index (χ3v) is 3.60. The van der Waals surface area contributed by atoms with Crippen LogP contribution in [0.1, 0.15) is 17.5 Å². The van der Waals surface area contributed by atoms with Crippen LogP contribution in [0.15, 0.2) is 27.0 Å².